The lowest BCUT2D eigenvalue weighted by Gasteiger charge is -2.35. The Hall–Kier alpha value is -1.88. The number of carbonyl (C=O) groups is 2. The van der Waals surface area contributed by atoms with Crippen LogP contribution in [-0.2, 0) is 14.9 Å². The highest BCUT2D eigenvalue weighted by atomic mass is 16.5. The second kappa shape index (κ2) is 6.08. The van der Waals surface area contributed by atoms with E-state index in [1.54, 1.807) is 24.0 Å². The minimum Gasteiger partial charge on any atom is -0.479 e. The highest BCUT2D eigenvalue weighted by Crippen LogP contribution is 2.23. The van der Waals surface area contributed by atoms with Gasteiger partial charge in [0.2, 0.25) is 0 Å². The molecular weight excluding hydrogens is 282 g/mol. The number of aliphatic carboxylic acids is 1. The molecule has 0 aromatic heterocycles. The molecule has 1 unspecified atom stereocenters. The topological polar surface area (TPSA) is 66.8 Å². The van der Waals surface area contributed by atoms with E-state index < -0.39 is 12.1 Å². The van der Waals surface area contributed by atoms with Gasteiger partial charge < -0.3 is 14.7 Å². The van der Waals surface area contributed by atoms with Crippen molar-refractivity contribution in [3.63, 3.8) is 0 Å². The number of ether oxygens (including phenoxy) is 1. The molecule has 0 aliphatic carbocycles. The average Bonchev–Trinajstić information content (AvgIpc) is 2.45. The molecule has 0 spiro atoms. The van der Waals surface area contributed by atoms with Gasteiger partial charge in [0, 0.05) is 12.1 Å². The maximum absolute atomic E-state index is 12.6. The van der Waals surface area contributed by atoms with E-state index in [-0.39, 0.29) is 24.0 Å². The number of benzene rings is 1. The predicted octanol–water partition coefficient (Wildman–Crippen LogP) is 2.30. The van der Waals surface area contributed by atoms with Crippen molar-refractivity contribution < 1.29 is 19.4 Å². The fourth-order valence-corrected chi connectivity index (χ4v) is 2.55. The Balaban J connectivity index is 2.15. The summed E-state index contributed by atoms with van der Waals surface area (Å²) in [5, 5.41) is 9.09. The second-order valence-corrected chi connectivity index (χ2v) is 6.81. The summed E-state index contributed by atoms with van der Waals surface area (Å²) in [7, 11) is 0. The second-order valence-electron chi connectivity index (χ2n) is 6.81. The van der Waals surface area contributed by atoms with E-state index in [1.165, 1.54) is 0 Å². The maximum Gasteiger partial charge on any atom is 0.334 e. The van der Waals surface area contributed by atoms with E-state index in [0.29, 0.717) is 12.1 Å². The number of hydrogen-bond acceptors (Lipinski definition) is 3. The molecule has 2 atom stereocenters. The monoisotopic (exact) mass is 305 g/mol. The summed E-state index contributed by atoms with van der Waals surface area (Å²) in [5.41, 5.74) is 1.76. The molecule has 0 radical (unpaired) electrons. The van der Waals surface area contributed by atoms with Crippen molar-refractivity contribution in [3.05, 3.63) is 35.4 Å². The summed E-state index contributed by atoms with van der Waals surface area (Å²) >= 11 is 0. The molecule has 1 N–H and O–H groups in total. The van der Waals surface area contributed by atoms with Gasteiger partial charge in [0.05, 0.1) is 12.6 Å². The fraction of sp³-hybridized carbons (Fsp3) is 0.529. The molecule has 2 rings (SSSR count). The summed E-state index contributed by atoms with van der Waals surface area (Å²) in [6.07, 6.45) is -1.24. The smallest absolute Gasteiger partial charge is 0.334 e. The van der Waals surface area contributed by atoms with Crippen molar-refractivity contribution in [2.24, 2.45) is 0 Å². The number of morpholine rings is 1. The molecule has 1 aromatic rings. The molecule has 0 saturated carbocycles. The van der Waals surface area contributed by atoms with E-state index >= 15 is 0 Å². The molecule has 5 nitrogen and oxygen atoms in total. The van der Waals surface area contributed by atoms with Gasteiger partial charge in [-0.05, 0) is 30.0 Å². The molecule has 0 bridgehead atoms. The van der Waals surface area contributed by atoms with Crippen LogP contribution >= 0.6 is 0 Å². The molecule has 1 heterocycles. The van der Waals surface area contributed by atoms with E-state index in [0.717, 1.165) is 5.56 Å². The third-order valence-corrected chi connectivity index (χ3v) is 3.82. The van der Waals surface area contributed by atoms with Gasteiger partial charge in [-0.25, -0.2) is 4.79 Å². The fourth-order valence-electron chi connectivity index (χ4n) is 2.55. The SMILES string of the molecule is C[C@@H]1CN(C(=O)c2ccc(C(C)(C)C)cc2)CC(C(=O)O)O1. The van der Waals surface area contributed by atoms with E-state index in [9.17, 15) is 9.59 Å². The largest absolute Gasteiger partial charge is 0.479 e. The number of amides is 1. The number of carboxylic acids is 1. The lowest BCUT2D eigenvalue weighted by Crippen LogP contribution is -2.51. The van der Waals surface area contributed by atoms with Crippen molar-refractivity contribution in [1.29, 1.82) is 0 Å². The summed E-state index contributed by atoms with van der Waals surface area (Å²) in [4.78, 5) is 25.2. The zero-order valence-corrected chi connectivity index (χ0v) is 13.5. The zero-order valence-electron chi connectivity index (χ0n) is 13.5. The van der Waals surface area contributed by atoms with Gasteiger partial charge >= 0.3 is 5.97 Å². The molecule has 1 aliphatic heterocycles. The predicted molar refractivity (Wildman–Crippen MR) is 83.0 cm³/mol. The number of rotatable bonds is 2. The average molecular weight is 305 g/mol. The van der Waals surface area contributed by atoms with Crippen LogP contribution in [0, 0.1) is 0 Å². The van der Waals surface area contributed by atoms with Crippen molar-refractivity contribution in [1.82, 2.24) is 4.90 Å². The first kappa shape index (κ1) is 16.5. The summed E-state index contributed by atoms with van der Waals surface area (Å²) in [5.74, 6) is -1.19. The van der Waals surface area contributed by atoms with Crippen LogP contribution in [0.2, 0.25) is 0 Å². The normalized spacial score (nSPS) is 22.5. The lowest BCUT2D eigenvalue weighted by molar-refractivity contribution is -0.160. The highest BCUT2D eigenvalue weighted by Gasteiger charge is 2.33. The van der Waals surface area contributed by atoms with Gasteiger partial charge in [-0.15, -0.1) is 0 Å². The van der Waals surface area contributed by atoms with Gasteiger partial charge in [0.15, 0.2) is 6.10 Å². The van der Waals surface area contributed by atoms with Crippen LogP contribution < -0.4 is 0 Å². The summed E-state index contributed by atoms with van der Waals surface area (Å²) < 4.78 is 5.33. The molecular formula is C17H23NO4. The Kier molecular flexibility index (Phi) is 4.56. The number of nitrogens with zero attached hydrogens (tertiary/aromatic N) is 1. The number of carbonyl (C=O) groups excluding carboxylic acids is 1. The van der Waals surface area contributed by atoms with Gasteiger partial charge in [0.25, 0.3) is 5.91 Å². The van der Waals surface area contributed by atoms with E-state index in [2.05, 4.69) is 20.8 Å². The van der Waals surface area contributed by atoms with E-state index in [1.807, 2.05) is 12.1 Å². The molecule has 1 aromatic carbocycles. The van der Waals surface area contributed by atoms with Crippen molar-refractivity contribution in [3.8, 4) is 0 Å². The third-order valence-electron chi connectivity index (χ3n) is 3.82. The van der Waals surface area contributed by atoms with Crippen LogP contribution in [0.4, 0.5) is 0 Å². The maximum atomic E-state index is 12.6. The van der Waals surface area contributed by atoms with Crippen LogP contribution in [-0.4, -0.2) is 47.2 Å². The molecule has 5 heteroatoms. The first-order valence-corrected chi connectivity index (χ1v) is 7.46. The molecule has 1 saturated heterocycles. The summed E-state index contributed by atoms with van der Waals surface area (Å²) in [6, 6.07) is 7.51. The van der Waals surface area contributed by atoms with Crippen molar-refractivity contribution in [2.45, 2.75) is 45.3 Å². The van der Waals surface area contributed by atoms with Gasteiger partial charge in [-0.1, -0.05) is 32.9 Å². The van der Waals surface area contributed by atoms with Gasteiger partial charge in [-0.2, -0.15) is 0 Å². The van der Waals surface area contributed by atoms with E-state index in [4.69, 9.17) is 9.84 Å². The lowest BCUT2D eigenvalue weighted by atomic mass is 9.86. The Morgan fingerprint density at radius 1 is 1.18 bits per heavy atom. The first-order valence-electron chi connectivity index (χ1n) is 7.46. The van der Waals surface area contributed by atoms with Crippen LogP contribution in [0.3, 0.4) is 0 Å². The van der Waals surface area contributed by atoms with Crippen LogP contribution in [0.1, 0.15) is 43.6 Å². The van der Waals surface area contributed by atoms with Crippen LogP contribution in [0.15, 0.2) is 24.3 Å². The number of hydrogen-bond donors (Lipinski definition) is 1. The van der Waals surface area contributed by atoms with Crippen LogP contribution in [0.5, 0.6) is 0 Å². The number of carboxylic acid groups (broad SMARTS) is 1. The van der Waals surface area contributed by atoms with Gasteiger partial charge in [0.1, 0.15) is 0 Å². The third kappa shape index (κ3) is 3.65. The minimum atomic E-state index is -1.03. The molecule has 22 heavy (non-hydrogen) atoms. The Morgan fingerprint density at radius 2 is 1.77 bits per heavy atom. The van der Waals surface area contributed by atoms with Crippen molar-refractivity contribution in [2.75, 3.05) is 13.1 Å². The zero-order chi connectivity index (χ0) is 16.5. The van der Waals surface area contributed by atoms with Crippen molar-refractivity contribution >= 4 is 11.9 Å². The molecule has 1 fully saturated rings. The first-order chi connectivity index (χ1) is 10.2. The van der Waals surface area contributed by atoms with Crippen LogP contribution in [0.25, 0.3) is 0 Å². The standard InChI is InChI=1S/C17H23NO4/c1-11-9-18(10-14(22-11)16(20)21)15(19)12-5-7-13(8-6-12)17(2,3)4/h5-8,11,14H,9-10H2,1-4H3,(H,20,21)/t11-,14?/m1/s1. The Morgan fingerprint density at radius 3 is 2.27 bits per heavy atom. The Bertz CT molecular complexity index is 559. The molecule has 1 aliphatic rings. The molecule has 1 amide bonds. The summed E-state index contributed by atoms with van der Waals surface area (Å²) in [6.45, 7) is 8.61. The Labute approximate surface area is 130 Å². The molecule has 120 valence electrons. The quantitative estimate of drug-likeness (QED) is 0.910. The van der Waals surface area contributed by atoms with Gasteiger partial charge in [-0.3, -0.25) is 4.79 Å². The highest BCUT2D eigenvalue weighted by molar-refractivity contribution is 5.94. The minimum absolute atomic E-state index is 0.0312.